The molecular weight excluding hydrogens is 285 g/mol. The first-order valence-corrected chi connectivity index (χ1v) is 7.88. The molecule has 1 nitrogen and oxygen atoms in total. The summed E-state index contributed by atoms with van der Waals surface area (Å²) in [5.41, 5.74) is 9.35. The molecule has 0 unspecified atom stereocenters. The second-order valence-corrected chi connectivity index (χ2v) is 6.21. The lowest BCUT2D eigenvalue weighted by molar-refractivity contribution is 0.443. The molecule has 2 aromatic carbocycles. The van der Waals surface area contributed by atoms with Gasteiger partial charge >= 0.3 is 0 Å². The van der Waals surface area contributed by atoms with Gasteiger partial charge in [-0.25, -0.2) is 4.39 Å². The first-order valence-electron chi connectivity index (χ1n) is 7.50. The third kappa shape index (κ3) is 3.06. The highest BCUT2D eigenvalue weighted by Gasteiger charge is 2.16. The molecule has 0 aliphatic heterocycles. The maximum absolute atomic E-state index is 13.5. The van der Waals surface area contributed by atoms with Crippen molar-refractivity contribution in [3.8, 4) is 11.1 Å². The van der Waals surface area contributed by atoms with E-state index in [-0.39, 0.29) is 10.8 Å². The molecule has 0 spiro atoms. The number of anilines is 1. The molecule has 1 aliphatic carbocycles. The van der Waals surface area contributed by atoms with Crippen LogP contribution in [-0.2, 0) is 0 Å². The molecule has 0 radical (unpaired) electrons. The molecule has 0 heterocycles. The Morgan fingerprint density at radius 2 is 1.67 bits per heavy atom. The molecule has 1 fully saturated rings. The summed E-state index contributed by atoms with van der Waals surface area (Å²) in [6, 6.07) is 11.0. The Balaban J connectivity index is 1.90. The maximum Gasteiger partial charge on any atom is 0.125 e. The van der Waals surface area contributed by atoms with Gasteiger partial charge in [0.1, 0.15) is 5.82 Å². The second-order valence-electron chi connectivity index (χ2n) is 5.81. The highest BCUT2D eigenvalue weighted by Crippen LogP contribution is 2.36. The van der Waals surface area contributed by atoms with Crippen molar-refractivity contribution in [2.45, 2.75) is 38.0 Å². The lowest BCUT2D eigenvalue weighted by Crippen LogP contribution is -2.04. The molecule has 2 N–H and O–H groups in total. The van der Waals surface area contributed by atoms with Crippen LogP contribution < -0.4 is 5.73 Å². The Kier molecular flexibility index (Phi) is 4.16. The fourth-order valence-corrected chi connectivity index (χ4v) is 3.40. The molecule has 0 saturated heterocycles. The van der Waals surface area contributed by atoms with Crippen molar-refractivity contribution < 1.29 is 4.39 Å². The summed E-state index contributed by atoms with van der Waals surface area (Å²) >= 11 is 5.96. The van der Waals surface area contributed by atoms with Crippen molar-refractivity contribution in [1.82, 2.24) is 0 Å². The van der Waals surface area contributed by atoms with E-state index in [4.69, 9.17) is 17.3 Å². The zero-order valence-corrected chi connectivity index (χ0v) is 12.7. The third-order valence-corrected chi connectivity index (χ3v) is 4.71. The van der Waals surface area contributed by atoms with Crippen molar-refractivity contribution in [1.29, 1.82) is 0 Å². The lowest BCUT2D eigenvalue weighted by Gasteiger charge is -2.22. The quantitative estimate of drug-likeness (QED) is 0.700. The van der Waals surface area contributed by atoms with E-state index in [2.05, 4.69) is 12.1 Å². The molecule has 0 aromatic heterocycles. The Hall–Kier alpha value is -1.54. The van der Waals surface area contributed by atoms with Crippen molar-refractivity contribution in [3.63, 3.8) is 0 Å². The van der Waals surface area contributed by atoms with Gasteiger partial charge in [0.2, 0.25) is 0 Å². The molecule has 110 valence electrons. The van der Waals surface area contributed by atoms with Gasteiger partial charge in [-0.15, -0.1) is 0 Å². The van der Waals surface area contributed by atoms with E-state index >= 15 is 0 Å². The van der Waals surface area contributed by atoms with Crippen molar-refractivity contribution in [2.75, 3.05) is 5.73 Å². The molecule has 0 atom stereocenters. The number of benzene rings is 2. The molecule has 21 heavy (non-hydrogen) atoms. The topological polar surface area (TPSA) is 26.0 Å². The summed E-state index contributed by atoms with van der Waals surface area (Å²) in [5, 5.41) is 0.265. The lowest BCUT2D eigenvalue weighted by atomic mass is 9.83. The minimum atomic E-state index is -0.361. The molecule has 1 saturated carbocycles. The number of halogens is 2. The standard InChI is InChI=1S/C18H19ClFN/c19-17-11-15(20)10-16(18(17)21)14-8-6-13(7-9-14)12-4-2-1-3-5-12/h6-12H,1-5,21H2. The van der Waals surface area contributed by atoms with Crippen LogP contribution in [0.5, 0.6) is 0 Å². The van der Waals surface area contributed by atoms with E-state index in [0.29, 0.717) is 17.2 Å². The fraction of sp³-hybridized carbons (Fsp3) is 0.333. The van der Waals surface area contributed by atoms with Gasteiger partial charge < -0.3 is 5.73 Å². The summed E-state index contributed by atoms with van der Waals surface area (Å²) in [6.07, 6.45) is 6.53. The second kappa shape index (κ2) is 6.07. The van der Waals surface area contributed by atoms with Crippen LogP contribution in [0.25, 0.3) is 11.1 Å². The predicted octanol–water partition coefficient (Wildman–Crippen LogP) is 5.78. The van der Waals surface area contributed by atoms with Gasteiger partial charge in [0.25, 0.3) is 0 Å². The van der Waals surface area contributed by atoms with Crippen LogP contribution >= 0.6 is 11.6 Å². The summed E-state index contributed by atoms with van der Waals surface area (Å²) in [6.45, 7) is 0. The summed E-state index contributed by atoms with van der Waals surface area (Å²) in [7, 11) is 0. The van der Waals surface area contributed by atoms with Gasteiger partial charge in [-0.3, -0.25) is 0 Å². The van der Waals surface area contributed by atoms with E-state index in [0.717, 1.165) is 5.56 Å². The zero-order chi connectivity index (χ0) is 14.8. The highest BCUT2D eigenvalue weighted by molar-refractivity contribution is 6.33. The van der Waals surface area contributed by atoms with Gasteiger partial charge in [-0.05, 0) is 42.0 Å². The Morgan fingerprint density at radius 3 is 2.33 bits per heavy atom. The van der Waals surface area contributed by atoms with E-state index < -0.39 is 0 Å². The summed E-state index contributed by atoms with van der Waals surface area (Å²) < 4.78 is 13.5. The van der Waals surface area contributed by atoms with Crippen LogP contribution in [0.4, 0.5) is 10.1 Å². The van der Waals surface area contributed by atoms with Gasteiger partial charge in [-0.2, -0.15) is 0 Å². The first-order chi connectivity index (χ1) is 10.1. The van der Waals surface area contributed by atoms with Crippen molar-refractivity contribution in [2.24, 2.45) is 0 Å². The minimum absolute atomic E-state index is 0.265. The van der Waals surface area contributed by atoms with Crippen LogP contribution in [0.2, 0.25) is 5.02 Å². The van der Waals surface area contributed by atoms with E-state index in [1.165, 1.54) is 49.8 Å². The van der Waals surface area contributed by atoms with Crippen LogP contribution in [0.15, 0.2) is 36.4 Å². The summed E-state index contributed by atoms with van der Waals surface area (Å²) in [5.74, 6) is 0.307. The summed E-state index contributed by atoms with van der Waals surface area (Å²) in [4.78, 5) is 0. The molecule has 2 aromatic rings. The first kappa shape index (κ1) is 14.4. The van der Waals surface area contributed by atoms with Crippen molar-refractivity contribution in [3.05, 3.63) is 52.8 Å². The third-order valence-electron chi connectivity index (χ3n) is 4.39. The number of hydrogen-bond donors (Lipinski definition) is 1. The molecule has 0 amide bonds. The minimum Gasteiger partial charge on any atom is -0.397 e. The SMILES string of the molecule is Nc1c(Cl)cc(F)cc1-c1ccc(C2CCCCC2)cc1. The number of hydrogen-bond acceptors (Lipinski definition) is 1. The number of rotatable bonds is 2. The van der Waals surface area contributed by atoms with Crippen LogP contribution in [-0.4, -0.2) is 0 Å². The van der Waals surface area contributed by atoms with Crippen LogP contribution in [0.1, 0.15) is 43.6 Å². The molecule has 1 aliphatic rings. The van der Waals surface area contributed by atoms with E-state index in [9.17, 15) is 4.39 Å². The Morgan fingerprint density at radius 1 is 1.00 bits per heavy atom. The highest BCUT2D eigenvalue weighted by atomic mass is 35.5. The van der Waals surface area contributed by atoms with E-state index in [1.54, 1.807) is 0 Å². The zero-order valence-electron chi connectivity index (χ0n) is 11.9. The number of nitrogens with two attached hydrogens (primary N) is 1. The largest absolute Gasteiger partial charge is 0.397 e. The normalized spacial score (nSPS) is 16.1. The molecule has 3 rings (SSSR count). The van der Waals surface area contributed by atoms with Gasteiger partial charge in [0.05, 0.1) is 10.7 Å². The monoisotopic (exact) mass is 303 g/mol. The predicted molar refractivity (Wildman–Crippen MR) is 87.1 cm³/mol. The maximum atomic E-state index is 13.5. The smallest absolute Gasteiger partial charge is 0.125 e. The molecular formula is C18H19ClFN. The van der Waals surface area contributed by atoms with Crippen LogP contribution in [0.3, 0.4) is 0 Å². The average molecular weight is 304 g/mol. The van der Waals surface area contributed by atoms with Crippen LogP contribution in [0, 0.1) is 5.82 Å². The molecule has 3 heteroatoms. The number of nitrogen functional groups attached to an aromatic ring is 1. The average Bonchev–Trinajstić information content (AvgIpc) is 2.52. The van der Waals surface area contributed by atoms with Gasteiger partial charge in [0, 0.05) is 5.56 Å². The van der Waals surface area contributed by atoms with Crippen molar-refractivity contribution >= 4 is 17.3 Å². The van der Waals surface area contributed by atoms with E-state index in [1.807, 2.05) is 12.1 Å². The Labute approximate surface area is 129 Å². The Bertz CT molecular complexity index is 630. The van der Waals surface area contributed by atoms with Gasteiger partial charge in [-0.1, -0.05) is 55.1 Å². The fourth-order valence-electron chi connectivity index (χ4n) is 3.19. The van der Waals surface area contributed by atoms with Gasteiger partial charge in [0.15, 0.2) is 0 Å². The molecule has 0 bridgehead atoms.